The Kier molecular flexibility index (Phi) is 4.23. The van der Waals surface area contributed by atoms with Gasteiger partial charge in [-0.25, -0.2) is 4.98 Å². The van der Waals surface area contributed by atoms with Gasteiger partial charge in [0, 0.05) is 34.9 Å². The van der Waals surface area contributed by atoms with Crippen LogP contribution in [0.15, 0.2) is 73.4 Å². The first-order valence-corrected chi connectivity index (χ1v) is 9.28. The summed E-state index contributed by atoms with van der Waals surface area (Å²) in [6.07, 6.45) is 6.67. The van der Waals surface area contributed by atoms with E-state index >= 15 is 0 Å². The van der Waals surface area contributed by atoms with Gasteiger partial charge < -0.3 is 14.3 Å². The fourth-order valence-corrected chi connectivity index (χ4v) is 3.44. The third-order valence-corrected chi connectivity index (χ3v) is 4.89. The third kappa shape index (κ3) is 3.16. The number of pyridine rings is 1. The van der Waals surface area contributed by atoms with E-state index in [0.29, 0.717) is 28.1 Å². The number of nitrogens with one attached hydrogen (secondary N) is 1. The Bertz CT molecular complexity index is 1430. The second-order valence-electron chi connectivity index (χ2n) is 6.81. The van der Waals surface area contributed by atoms with Crippen molar-refractivity contribution in [3.8, 4) is 17.6 Å². The lowest BCUT2D eigenvalue weighted by Crippen LogP contribution is -2.09. The third-order valence-electron chi connectivity index (χ3n) is 4.89. The van der Waals surface area contributed by atoms with Crippen molar-refractivity contribution < 1.29 is 9.53 Å². The summed E-state index contributed by atoms with van der Waals surface area (Å²) in [5, 5.41) is 9.85. The van der Waals surface area contributed by atoms with Gasteiger partial charge in [0.05, 0.1) is 41.7 Å². The first-order chi connectivity index (χ1) is 14.7. The highest BCUT2D eigenvalue weighted by molar-refractivity contribution is 6.08. The zero-order chi connectivity index (χ0) is 20.5. The minimum Gasteiger partial charge on any atom is -0.456 e. The molecule has 0 radical (unpaired) electrons. The molecule has 0 atom stereocenters. The summed E-state index contributed by atoms with van der Waals surface area (Å²) in [4.78, 5) is 24.5. The summed E-state index contributed by atoms with van der Waals surface area (Å²) in [7, 11) is 0. The van der Waals surface area contributed by atoms with Crippen LogP contribution in [0.1, 0.15) is 15.9 Å². The molecule has 0 saturated heterocycles. The Morgan fingerprint density at radius 2 is 2.10 bits per heavy atom. The first kappa shape index (κ1) is 17.6. The molecule has 0 aliphatic carbocycles. The normalized spacial score (nSPS) is 10.9. The number of carbonyl (C=O) groups is 1. The second-order valence-corrected chi connectivity index (χ2v) is 6.81. The Morgan fingerprint density at radius 1 is 1.17 bits per heavy atom. The molecule has 5 rings (SSSR count). The van der Waals surface area contributed by atoms with Gasteiger partial charge in [0.15, 0.2) is 5.78 Å². The Labute approximate surface area is 171 Å². The highest BCUT2D eigenvalue weighted by Crippen LogP contribution is 2.27. The zero-order valence-electron chi connectivity index (χ0n) is 15.7. The molecular formula is C23H15N5O2. The molecule has 30 heavy (non-hydrogen) atoms. The minimum atomic E-state index is -0.0363. The van der Waals surface area contributed by atoms with E-state index in [2.05, 4.69) is 21.0 Å². The van der Waals surface area contributed by atoms with Gasteiger partial charge >= 0.3 is 0 Å². The minimum absolute atomic E-state index is 0.0363. The van der Waals surface area contributed by atoms with E-state index in [-0.39, 0.29) is 12.3 Å². The number of carbonyl (C=O) groups excluding carboxylic acids is 1. The molecule has 0 amide bonds. The number of ketones is 1. The van der Waals surface area contributed by atoms with Crippen LogP contribution in [0.4, 0.5) is 0 Å². The van der Waals surface area contributed by atoms with E-state index in [1.54, 1.807) is 47.7 Å². The smallest absolute Gasteiger partial charge is 0.184 e. The van der Waals surface area contributed by atoms with Crippen LogP contribution in [0.2, 0.25) is 0 Å². The molecule has 1 N–H and O–H groups in total. The maximum Gasteiger partial charge on any atom is 0.184 e. The predicted molar refractivity (Wildman–Crippen MR) is 111 cm³/mol. The maximum absolute atomic E-state index is 13.0. The van der Waals surface area contributed by atoms with Crippen molar-refractivity contribution in [2.24, 2.45) is 0 Å². The summed E-state index contributed by atoms with van der Waals surface area (Å²) < 4.78 is 7.59. The van der Waals surface area contributed by atoms with E-state index in [0.717, 1.165) is 16.4 Å². The van der Waals surface area contributed by atoms with Crippen LogP contribution in [0.3, 0.4) is 0 Å². The van der Waals surface area contributed by atoms with Crippen molar-refractivity contribution in [1.82, 2.24) is 19.5 Å². The number of nitrogens with zero attached hydrogens (tertiary/aromatic N) is 4. The molecule has 7 nitrogen and oxygen atoms in total. The van der Waals surface area contributed by atoms with Crippen LogP contribution < -0.4 is 4.74 Å². The molecule has 0 spiro atoms. The number of H-pyrrole nitrogens is 1. The van der Waals surface area contributed by atoms with Crippen LogP contribution in [0.25, 0.3) is 21.9 Å². The second kappa shape index (κ2) is 7.18. The van der Waals surface area contributed by atoms with E-state index in [9.17, 15) is 4.79 Å². The van der Waals surface area contributed by atoms with Crippen molar-refractivity contribution in [2.45, 2.75) is 6.54 Å². The van der Waals surface area contributed by atoms with Crippen molar-refractivity contribution in [3.63, 3.8) is 0 Å². The molecule has 144 valence electrons. The van der Waals surface area contributed by atoms with Gasteiger partial charge in [-0.3, -0.25) is 9.78 Å². The monoisotopic (exact) mass is 393 g/mol. The topological polar surface area (TPSA) is 96.6 Å². The lowest BCUT2D eigenvalue weighted by atomic mass is 10.1. The van der Waals surface area contributed by atoms with Gasteiger partial charge in [-0.1, -0.05) is 0 Å². The van der Waals surface area contributed by atoms with E-state index in [1.165, 1.54) is 0 Å². The number of imidazole rings is 1. The van der Waals surface area contributed by atoms with Crippen LogP contribution >= 0.6 is 0 Å². The molecule has 3 heterocycles. The largest absolute Gasteiger partial charge is 0.456 e. The summed E-state index contributed by atoms with van der Waals surface area (Å²) in [6.45, 7) is 0.156. The van der Waals surface area contributed by atoms with E-state index in [1.807, 2.05) is 30.3 Å². The SMILES string of the molecule is N#Cc1ccc2c(c1)ncn2CC(=O)c1c[nH]c2cc(Oc3cccnc3)ccc12. The Balaban J connectivity index is 1.41. The van der Waals surface area contributed by atoms with Crippen molar-refractivity contribution in [1.29, 1.82) is 5.26 Å². The number of hydrogen-bond donors (Lipinski definition) is 1. The standard InChI is InChI=1S/C23H15N5O2/c24-10-15-3-6-22-21(8-15)27-14-28(22)13-23(29)19-12-26-20-9-16(4-5-18(19)20)30-17-2-1-7-25-11-17/h1-9,11-12,14,26H,13H2. The quantitative estimate of drug-likeness (QED) is 0.445. The van der Waals surface area contributed by atoms with Crippen molar-refractivity contribution >= 4 is 27.7 Å². The Morgan fingerprint density at radius 3 is 2.93 bits per heavy atom. The number of Topliss-reactive ketones (excluding diaryl/α,β-unsaturated/α-hetero) is 1. The summed E-state index contributed by atoms with van der Waals surface area (Å²) in [5.41, 5.74) is 3.47. The number of hydrogen-bond acceptors (Lipinski definition) is 5. The predicted octanol–water partition coefficient (Wildman–Crippen LogP) is 4.46. The van der Waals surface area contributed by atoms with E-state index in [4.69, 9.17) is 10.00 Å². The first-order valence-electron chi connectivity index (χ1n) is 9.28. The highest BCUT2D eigenvalue weighted by Gasteiger charge is 2.15. The lowest BCUT2D eigenvalue weighted by Gasteiger charge is -2.06. The molecule has 0 saturated carbocycles. The lowest BCUT2D eigenvalue weighted by molar-refractivity contribution is 0.0975. The van der Waals surface area contributed by atoms with Gasteiger partial charge in [0.25, 0.3) is 0 Å². The maximum atomic E-state index is 13.0. The van der Waals surface area contributed by atoms with Crippen molar-refractivity contribution in [2.75, 3.05) is 0 Å². The van der Waals surface area contributed by atoms with Gasteiger partial charge in [-0.15, -0.1) is 0 Å². The van der Waals surface area contributed by atoms with Gasteiger partial charge in [-0.2, -0.15) is 5.26 Å². The molecule has 7 heteroatoms. The number of rotatable bonds is 5. The number of ether oxygens (including phenoxy) is 1. The highest BCUT2D eigenvalue weighted by atomic mass is 16.5. The molecule has 0 fully saturated rings. The van der Waals surface area contributed by atoms with Crippen LogP contribution in [-0.2, 0) is 6.54 Å². The summed E-state index contributed by atoms with van der Waals surface area (Å²) in [6, 6.07) is 16.5. The summed E-state index contributed by atoms with van der Waals surface area (Å²) in [5.74, 6) is 1.27. The number of benzene rings is 2. The number of aromatic nitrogens is 4. The van der Waals surface area contributed by atoms with Gasteiger partial charge in [0.1, 0.15) is 11.5 Å². The van der Waals surface area contributed by atoms with Gasteiger partial charge in [-0.05, 0) is 42.5 Å². The molecule has 0 aliphatic rings. The van der Waals surface area contributed by atoms with E-state index < -0.39 is 0 Å². The molecule has 0 unspecified atom stereocenters. The average Bonchev–Trinajstić information content (AvgIpc) is 3.38. The van der Waals surface area contributed by atoms with Gasteiger partial charge in [0.2, 0.25) is 0 Å². The number of aromatic amines is 1. The molecule has 0 bridgehead atoms. The zero-order valence-corrected chi connectivity index (χ0v) is 15.7. The molecular weight excluding hydrogens is 378 g/mol. The fourth-order valence-electron chi connectivity index (χ4n) is 3.44. The number of nitriles is 1. The Hall–Kier alpha value is -4.44. The van der Waals surface area contributed by atoms with Crippen LogP contribution in [0, 0.1) is 11.3 Å². The molecule has 3 aromatic heterocycles. The molecule has 0 aliphatic heterocycles. The van der Waals surface area contributed by atoms with Crippen molar-refractivity contribution in [3.05, 3.63) is 84.6 Å². The summed E-state index contributed by atoms with van der Waals surface area (Å²) >= 11 is 0. The number of fused-ring (bicyclic) bond motifs is 2. The molecule has 2 aromatic carbocycles. The fraction of sp³-hybridized carbons (Fsp3) is 0.0435. The van der Waals surface area contributed by atoms with Crippen LogP contribution in [-0.4, -0.2) is 25.3 Å². The van der Waals surface area contributed by atoms with Crippen LogP contribution in [0.5, 0.6) is 11.5 Å². The molecule has 5 aromatic rings. The average molecular weight is 393 g/mol.